The first kappa shape index (κ1) is 23.8. The van der Waals surface area contributed by atoms with E-state index in [1.807, 2.05) is 71.2 Å². The highest BCUT2D eigenvalue weighted by Crippen LogP contribution is 2.18. The molecule has 1 aromatic rings. The van der Waals surface area contributed by atoms with Gasteiger partial charge in [-0.05, 0) is 32.9 Å². The first-order valence-corrected chi connectivity index (χ1v) is 8.44. The van der Waals surface area contributed by atoms with E-state index < -0.39 is 0 Å². The van der Waals surface area contributed by atoms with Crippen molar-refractivity contribution in [3.63, 3.8) is 0 Å². The normalized spacial score (nSPS) is 10.1. The minimum absolute atomic E-state index is 0.686. The zero-order valence-electron chi connectivity index (χ0n) is 16.3. The van der Waals surface area contributed by atoms with Gasteiger partial charge in [0.05, 0.1) is 0 Å². The van der Waals surface area contributed by atoms with Gasteiger partial charge in [0.15, 0.2) is 11.6 Å². The summed E-state index contributed by atoms with van der Waals surface area (Å²) in [6.45, 7) is 17.5. The summed E-state index contributed by atoms with van der Waals surface area (Å²) in [6, 6.07) is 5.65. The van der Waals surface area contributed by atoms with Crippen molar-refractivity contribution in [1.82, 2.24) is 4.98 Å². The third-order valence-corrected chi connectivity index (χ3v) is 2.16. The Bertz CT molecular complexity index is 494. The summed E-state index contributed by atoms with van der Waals surface area (Å²) in [5.41, 5.74) is 0. The maximum absolute atomic E-state index is 4.50. The first-order chi connectivity index (χ1) is 11.7. The molecule has 0 fully saturated rings. The monoisotopic (exact) mass is 331 g/mol. The number of rotatable bonds is 6. The Kier molecular flexibility index (Phi) is 16.8. The Balaban J connectivity index is 0. The molecule has 0 bridgehead atoms. The molecule has 0 radical (unpaired) electrons. The molecule has 0 atom stereocenters. The van der Waals surface area contributed by atoms with Crippen LogP contribution in [0, 0.1) is 0 Å². The predicted octanol–water partition coefficient (Wildman–Crippen LogP) is 5.83. The summed E-state index contributed by atoms with van der Waals surface area (Å²) >= 11 is 0. The summed E-state index contributed by atoms with van der Waals surface area (Å²) in [4.78, 5) is 4.50. The average Bonchev–Trinajstić information content (AvgIpc) is 2.62. The molecular weight excluding hydrogens is 298 g/mol. The molecule has 0 saturated carbocycles. The van der Waals surface area contributed by atoms with E-state index in [1.54, 1.807) is 22.4 Å². The number of aromatic nitrogens is 1. The van der Waals surface area contributed by atoms with Crippen LogP contribution in [0.1, 0.15) is 54.9 Å². The van der Waals surface area contributed by atoms with Crippen LogP contribution in [0.5, 0.6) is 0 Å². The number of anilines is 2. The molecule has 5 heteroatoms. The second-order valence-electron chi connectivity index (χ2n) is 4.23. The van der Waals surface area contributed by atoms with Crippen LogP contribution in [0.15, 0.2) is 53.0 Å². The van der Waals surface area contributed by atoms with Crippen molar-refractivity contribution in [3.8, 4) is 0 Å². The van der Waals surface area contributed by atoms with Crippen LogP contribution in [0.4, 0.5) is 11.6 Å². The molecule has 0 aromatic carbocycles. The van der Waals surface area contributed by atoms with Crippen molar-refractivity contribution in [2.24, 2.45) is 10.2 Å². The minimum Gasteiger partial charge on any atom is -0.224 e. The van der Waals surface area contributed by atoms with Gasteiger partial charge < -0.3 is 0 Å². The second-order valence-corrected chi connectivity index (χ2v) is 4.23. The average molecular weight is 332 g/mol. The Morgan fingerprint density at radius 1 is 1.00 bits per heavy atom. The lowest BCUT2D eigenvalue weighted by atomic mass is 10.4. The molecule has 0 amide bonds. The molecule has 0 aliphatic rings. The van der Waals surface area contributed by atoms with Gasteiger partial charge in [-0.3, -0.25) is 0 Å². The summed E-state index contributed by atoms with van der Waals surface area (Å²) in [5.74, 6) is 1.40. The molecule has 0 spiro atoms. The van der Waals surface area contributed by atoms with Crippen molar-refractivity contribution >= 4 is 24.6 Å². The van der Waals surface area contributed by atoms with Crippen molar-refractivity contribution in [2.75, 3.05) is 10.0 Å². The molecule has 0 aliphatic heterocycles. The highest BCUT2D eigenvalue weighted by Gasteiger charge is 2.06. The standard InChI is InChI=1S/C14H19N5.C3H8.C2H6/c1-5-11-18(15-4)13-9-8-10-14(17-13)19(12-6-2)16-7-3;1-3-2;1-2/h5-12H,4H2,1-3H3;3H2,1-2H3;1-2H3/b11-5-,12-6-,16-7-;;. The molecule has 24 heavy (non-hydrogen) atoms. The lowest BCUT2D eigenvalue weighted by Crippen LogP contribution is -2.13. The number of nitrogens with zero attached hydrogens (tertiary/aromatic N) is 5. The summed E-state index contributed by atoms with van der Waals surface area (Å²) in [7, 11) is 0. The topological polar surface area (TPSA) is 44.1 Å². The van der Waals surface area contributed by atoms with Gasteiger partial charge in [-0.25, -0.2) is 15.0 Å². The van der Waals surface area contributed by atoms with Gasteiger partial charge in [0.2, 0.25) is 0 Å². The van der Waals surface area contributed by atoms with Crippen LogP contribution in [-0.4, -0.2) is 17.9 Å². The first-order valence-electron chi connectivity index (χ1n) is 8.44. The number of pyridine rings is 1. The fraction of sp³-hybridized carbons (Fsp3) is 0.421. The van der Waals surface area contributed by atoms with E-state index >= 15 is 0 Å². The van der Waals surface area contributed by atoms with Crippen LogP contribution in [0.3, 0.4) is 0 Å². The second kappa shape index (κ2) is 16.9. The van der Waals surface area contributed by atoms with Crippen LogP contribution in [-0.2, 0) is 0 Å². The molecule has 1 rings (SSSR count). The van der Waals surface area contributed by atoms with E-state index in [4.69, 9.17) is 0 Å². The van der Waals surface area contributed by atoms with Crippen LogP contribution in [0.25, 0.3) is 0 Å². The smallest absolute Gasteiger partial charge is 0.155 e. The van der Waals surface area contributed by atoms with E-state index in [0.717, 1.165) is 0 Å². The maximum atomic E-state index is 4.50. The van der Waals surface area contributed by atoms with Gasteiger partial charge in [0.25, 0.3) is 0 Å². The zero-order chi connectivity index (χ0) is 18.8. The highest BCUT2D eigenvalue weighted by molar-refractivity contribution is 5.58. The maximum Gasteiger partial charge on any atom is 0.155 e. The van der Waals surface area contributed by atoms with Gasteiger partial charge in [-0.15, -0.1) is 0 Å². The molecule has 134 valence electrons. The molecule has 1 heterocycles. The Morgan fingerprint density at radius 2 is 1.46 bits per heavy atom. The third kappa shape index (κ3) is 9.56. The van der Waals surface area contributed by atoms with Gasteiger partial charge in [0.1, 0.15) is 0 Å². The summed E-state index contributed by atoms with van der Waals surface area (Å²) < 4.78 is 0. The molecule has 1 aromatic heterocycles. The van der Waals surface area contributed by atoms with Gasteiger partial charge in [-0.2, -0.15) is 10.2 Å². The minimum atomic E-state index is 0.686. The van der Waals surface area contributed by atoms with E-state index in [0.29, 0.717) is 11.6 Å². The predicted molar refractivity (Wildman–Crippen MR) is 110 cm³/mol. The van der Waals surface area contributed by atoms with Gasteiger partial charge in [0, 0.05) is 25.3 Å². The van der Waals surface area contributed by atoms with Gasteiger partial charge in [-0.1, -0.05) is 52.3 Å². The van der Waals surface area contributed by atoms with Crippen LogP contribution < -0.4 is 10.0 Å². The van der Waals surface area contributed by atoms with Gasteiger partial charge >= 0.3 is 0 Å². The molecule has 0 saturated heterocycles. The van der Waals surface area contributed by atoms with Crippen LogP contribution in [0.2, 0.25) is 0 Å². The lowest BCUT2D eigenvalue weighted by molar-refractivity contribution is 0.989. The lowest BCUT2D eigenvalue weighted by Gasteiger charge is -2.17. The third-order valence-electron chi connectivity index (χ3n) is 2.16. The van der Waals surface area contributed by atoms with E-state index in [2.05, 4.69) is 35.8 Å². The zero-order valence-corrected chi connectivity index (χ0v) is 16.3. The molecule has 5 nitrogen and oxygen atoms in total. The number of hydrogen-bond acceptors (Lipinski definition) is 5. The summed E-state index contributed by atoms with van der Waals surface area (Å²) in [5, 5.41) is 11.4. The highest BCUT2D eigenvalue weighted by atomic mass is 15.5. The number of allylic oxidation sites excluding steroid dienone is 2. The Labute approximate surface area is 148 Å². The van der Waals surface area contributed by atoms with E-state index in [9.17, 15) is 0 Å². The van der Waals surface area contributed by atoms with E-state index in [1.165, 1.54) is 6.42 Å². The van der Waals surface area contributed by atoms with Crippen molar-refractivity contribution < 1.29 is 0 Å². The fourth-order valence-electron chi connectivity index (χ4n) is 1.44. The Hall–Kier alpha value is -2.43. The molecule has 0 N–H and O–H groups in total. The Morgan fingerprint density at radius 3 is 1.88 bits per heavy atom. The number of hydrazone groups is 2. The quantitative estimate of drug-likeness (QED) is 0.487. The largest absolute Gasteiger partial charge is 0.224 e. The van der Waals surface area contributed by atoms with Crippen molar-refractivity contribution in [1.29, 1.82) is 0 Å². The fourth-order valence-corrected chi connectivity index (χ4v) is 1.44. The van der Waals surface area contributed by atoms with Crippen molar-refractivity contribution in [3.05, 3.63) is 42.8 Å². The van der Waals surface area contributed by atoms with Crippen LogP contribution >= 0.6 is 0 Å². The summed E-state index contributed by atoms with van der Waals surface area (Å²) in [6.07, 6.45) is 10.4. The molecule has 0 aliphatic carbocycles. The number of hydrogen-bond donors (Lipinski definition) is 0. The SMILES string of the molecule is C=NN(/C=C\C)c1cccc(N(/C=C\C)/N=C\C)n1.CC.CCC. The molecular formula is C19H33N5. The van der Waals surface area contributed by atoms with Crippen molar-refractivity contribution in [2.45, 2.75) is 54.9 Å². The van der Waals surface area contributed by atoms with E-state index in [-0.39, 0.29) is 0 Å². The molecule has 0 unspecified atom stereocenters.